The van der Waals surface area contributed by atoms with Gasteiger partial charge in [0.15, 0.2) is 0 Å². The van der Waals surface area contributed by atoms with Crippen molar-refractivity contribution in [2.75, 3.05) is 5.32 Å². The normalized spacial score (nSPS) is 13.8. The van der Waals surface area contributed by atoms with E-state index < -0.39 is 33.5 Å². The maximum atomic E-state index is 12.8. The fourth-order valence-corrected chi connectivity index (χ4v) is 1.98. The van der Waals surface area contributed by atoms with Crippen LogP contribution >= 0.6 is 46.4 Å². The summed E-state index contributed by atoms with van der Waals surface area (Å²) in [6.07, 6.45) is -5.83. The summed E-state index contributed by atoms with van der Waals surface area (Å²) in [7, 11) is 0. The Kier molecular flexibility index (Phi) is 6.73. The third-order valence-electron chi connectivity index (χ3n) is 2.73. The van der Waals surface area contributed by atoms with Crippen molar-refractivity contribution >= 4 is 58.0 Å². The molecule has 3 nitrogen and oxygen atoms in total. The van der Waals surface area contributed by atoms with Crippen molar-refractivity contribution in [3.8, 4) is 0 Å². The van der Waals surface area contributed by atoms with Gasteiger partial charge in [-0.05, 0) is 18.2 Å². The summed E-state index contributed by atoms with van der Waals surface area (Å²) in [5.41, 5.74) is -1.05. The highest BCUT2D eigenvalue weighted by Crippen LogP contribution is 2.36. The van der Waals surface area contributed by atoms with E-state index in [0.29, 0.717) is 0 Å². The molecule has 23 heavy (non-hydrogen) atoms. The Morgan fingerprint density at radius 3 is 2.17 bits per heavy atom. The first-order chi connectivity index (χ1) is 10.3. The average Bonchev–Trinajstić information content (AvgIpc) is 2.37. The van der Waals surface area contributed by atoms with Crippen LogP contribution in [0.25, 0.3) is 0 Å². The van der Waals surface area contributed by atoms with Crippen molar-refractivity contribution in [1.82, 2.24) is 5.32 Å². The minimum Gasteiger partial charge on any atom is -0.361 e. The van der Waals surface area contributed by atoms with Gasteiger partial charge in [0, 0.05) is 5.92 Å². The highest BCUT2D eigenvalue weighted by molar-refractivity contribution is 6.68. The molecule has 0 heterocycles. The van der Waals surface area contributed by atoms with E-state index in [4.69, 9.17) is 46.4 Å². The van der Waals surface area contributed by atoms with Gasteiger partial charge in [0.2, 0.25) is 9.70 Å². The Bertz CT molecular complexity index is 573. The molecule has 10 heteroatoms. The lowest BCUT2D eigenvalue weighted by Gasteiger charge is -2.28. The standard InChI is InChI=1S/C13H13Cl4F3N2O/c1-6(2)10(23)22-11(12(15,16)17)21-9-5-7(13(18,19)20)3-4-8(9)14/h3-6,11,21H,1-2H3,(H,22,23)/t11-/m1/s1. The first-order valence-electron chi connectivity index (χ1n) is 6.32. The smallest absolute Gasteiger partial charge is 0.361 e. The third kappa shape index (κ3) is 6.10. The summed E-state index contributed by atoms with van der Waals surface area (Å²) < 4.78 is 36.3. The van der Waals surface area contributed by atoms with Crippen LogP contribution in [0.15, 0.2) is 18.2 Å². The number of nitrogens with one attached hydrogen (secondary N) is 2. The number of anilines is 1. The lowest BCUT2D eigenvalue weighted by atomic mass is 10.2. The van der Waals surface area contributed by atoms with Gasteiger partial charge in [-0.3, -0.25) is 4.79 Å². The second kappa shape index (κ2) is 7.55. The summed E-state index contributed by atoms with van der Waals surface area (Å²) in [5.74, 6) is -0.861. The van der Waals surface area contributed by atoms with Crippen molar-refractivity contribution in [1.29, 1.82) is 0 Å². The molecule has 1 rings (SSSR count). The number of halogens is 7. The van der Waals surface area contributed by atoms with Crippen LogP contribution in [-0.2, 0) is 11.0 Å². The highest BCUT2D eigenvalue weighted by atomic mass is 35.6. The lowest BCUT2D eigenvalue weighted by Crippen LogP contribution is -2.50. The van der Waals surface area contributed by atoms with Gasteiger partial charge in [-0.25, -0.2) is 0 Å². The molecule has 2 N–H and O–H groups in total. The molecule has 0 spiro atoms. The summed E-state index contributed by atoms with van der Waals surface area (Å²) in [6.45, 7) is 3.23. The number of benzene rings is 1. The molecule has 0 fully saturated rings. The van der Waals surface area contributed by atoms with Crippen LogP contribution in [0.1, 0.15) is 19.4 Å². The molecule has 0 aliphatic heterocycles. The van der Waals surface area contributed by atoms with Crippen LogP contribution in [0.5, 0.6) is 0 Å². The SMILES string of the molecule is CC(C)C(=O)N[C@@H](Nc1cc(C(F)(F)F)ccc1Cl)C(Cl)(Cl)Cl. The minimum absolute atomic E-state index is 0.0176. The summed E-state index contributed by atoms with van der Waals surface area (Å²) in [5, 5.41) is 4.91. The molecule has 0 aliphatic carbocycles. The van der Waals surface area contributed by atoms with Gasteiger partial charge in [-0.2, -0.15) is 13.2 Å². The monoisotopic (exact) mass is 410 g/mol. The molecule has 0 radical (unpaired) electrons. The van der Waals surface area contributed by atoms with Crippen molar-refractivity contribution < 1.29 is 18.0 Å². The van der Waals surface area contributed by atoms with E-state index in [1.54, 1.807) is 13.8 Å². The van der Waals surface area contributed by atoms with Crippen molar-refractivity contribution in [2.24, 2.45) is 5.92 Å². The predicted molar refractivity (Wildman–Crippen MR) is 87.1 cm³/mol. The van der Waals surface area contributed by atoms with Gasteiger partial charge in [0.1, 0.15) is 6.17 Å². The molecule has 0 saturated carbocycles. The molecule has 1 amide bonds. The van der Waals surface area contributed by atoms with E-state index >= 15 is 0 Å². The molecule has 0 unspecified atom stereocenters. The number of alkyl halides is 6. The number of carbonyl (C=O) groups is 1. The summed E-state index contributed by atoms with van der Waals surface area (Å²) >= 11 is 23.2. The minimum atomic E-state index is -4.56. The Morgan fingerprint density at radius 2 is 1.74 bits per heavy atom. The summed E-state index contributed by atoms with van der Waals surface area (Å²) in [6, 6.07) is 2.66. The maximum Gasteiger partial charge on any atom is 0.416 e. The predicted octanol–water partition coefficient (Wildman–Crippen LogP) is 5.24. The topological polar surface area (TPSA) is 41.1 Å². The van der Waals surface area contributed by atoms with E-state index in [0.717, 1.165) is 18.2 Å². The Morgan fingerprint density at radius 1 is 1.17 bits per heavy atom. The van der Waals surface area contributed by atoms with Gasteiger partial charge < -0.3 is 10.6 Å². The van der Waals surface area contributed by atoms with Crippen molar-refractivity contribution in [3.63, 3.8) is 0 Å². The van der Waals surface area contributed by atoms with E-state index in [1.807, 2.05) is 0 Å². The fraction of sp³-hybridized carbons (Fsp3) is 0.462. The number of rotatable bonds is 4. The molecular weight excluding hydrogens is 399 g/mol. The third-order valence-corrected chi connectivity index (χ3v) is 3.72. The van der Waals surface area contributed by atoms with Crippen LogP contribution in [0.4, 0.5) is 18.9 Å². The van der Waals surface area contributed by atoms with E-state index in [1.165, 1.54) is 0 Å². The molecule has 0 aromatic heterocycles. The molecule has 0 bridgehead atoms. The second-order valence-corrected chi connectivity index (χ2v) is 7.75. The average molecular weight is 412 g/mol. The Balaban J connectivity index is 3.11. The van der Waals surface area contributed by atoms with Gasteiger partial charge in [-0.15, -0.1) is 0 Å². The molecule has 0 saturated heterocycles. The van der Waals surface area contributed by atoms with Gasteiger partial charge in [0.05, 0.1) is 16.3 Å². The van der Waals surface area contributed by atoms with Crippen molar-refractivity contribution in [3.05, 3.63) is 28.8 Å². The second-order valence-electron chi connectivity index (χ2n) is 4.97. The van der Waals surface area contributed by atoms with Gasteiger partial charge >= 0.3 is 6.18 Å². The lowest BCUT2D eigenvalue weighted by molar-refractivity contribution is -0.137. The maximum absolute atomic E-state index is 12.8. The quantitative estimate of drug-likeness (QED) is 0.525. The van der Waals surface area contributed by atoms with Crippen LogP contribution in [0.2, 0.25) is 5.02 Å². The summed E-state index contributed by atoms with van der Waals surface area (Å²) in [4.78, 5) is 11.8. The fourth-order valence-electron chi connectivity index (χ4n) is 1.48. The zero-order valence-corrected chi connectivity index (χ0v) is 15.0. The Hall–Kier alpha value is -0.560. The van der Waals surface area contributed by atoms with Crippen LogP contribution in [0.3, 0.4) is 0 Å². The van der Waals surface area contributed by atoms with E-state index in [2.05, 4.69) is 10.6 Å². The molecule has 1 atom stereocenters. The first kappa shape index (κ1) is 20.5. The van der Waals surface area contributed by atoms with E-state index in [-0.39, 0.29) is 10.7 Å². The van der Waals surface area contributed by atoms with Crippen LogP contribution in [-0.4, -0.2) is 15.9 Å². The number of hydrogen-bond acceptors (Lipinski definition) is 2. The number of carbonyl (C=O) groups excluding carboxylic acids is 1. The van der Waals surface area contributed by atoms with Gasteiger partial charge in [-0.1, -0.05) is 60.3 Å². The molecule has 1 aromatic carbocycles. The number of amides is 1. The van der Waals surface area contributed by atoms with Crippen LogP contribution < -0.4 is 10.6 Å². The first-order valence-corrected chi connectivity index (χ1v) is 7.84. The zero-order valence-electron chi connectivity index (χ0n) is 11.9. The molecule has 0 aliphatic rings. The van der Waals surface area contributed by atoms with E-state index in [9.17, 15) is 18.0 Å². The number of hydrogen-bond donors (Lipinski definition) is 2. The molecule has 130 valence electrons. The zero-order chi connectivity index (χ0) is 18.0. The Labute approximate surface area is 151 Å². The van der Waals surface area contributed by atoms with Gasteiger partial charge in [0.25, 0.3) is 0 Å². The van der Waals surface area contributed by atoms with Crippen molar-refractivity contribution in [2.45, 2.75) is 30.0 Å². The molecular formula is C13H13Cl4F3N2O. The highest BCUT2D eigenvalue weighted by Gasteiger charge is 2.36. The van der Waals surface area contributed by atoms with Crippen LogP contribution in [0, 0.1) is 5.92 Å². The largest absolute Gasteiger partial charge is 0.416 e. The molecule has 1 aromatic rings.